The van der Waals surface area contributed by atoms with Crippen molar-refractivity contribution in [3.8, 4) is 11.5 Å². The zero-order chi connectivity index (χ0) is 16.8. The number of nitrogens with zero attached hydrogens (tertiary/aromatic N) is 1. The molecule has 3 rings (SSSR count). The molecule has 24 heavy (non-hydrogen) atoms. The van der Waals surface area contributed by atoms with E-state index in [0.29, 0.717) is 11.5 Å². The zero-order valence-corrected chi connectivity index (χ0v) is 13.6. The first-order valence-corrected chi connectivity index (χ1v) is 7.98. The van der Waals surface area contributed by atoms with Crippen LogP contribution in [0.4, 0.5) is 0 Å². The average Bonchev–Trinajstić information content (AvgIpc) is 2.65. The van der Waals surface area contributed by atoms with E-state index >= 15 is 0 Å². The fraction of sp³-hybridized carbons (Fsp3) is 0.263. The smallest absolute Gasteiger partial charge is 0.284 e. The lowest BCUT2D eigenvalue weighted by atomic mass is 10.1. The summed E-state index contributed by atoms with van der Waals surface area (Å²) < 4.78 is 11.2. The molecule has 1 N–H and O–H groups in total. The van der Waals surface area contributed by atoms with Gasteiger partial charge in [-0.25, -0.2) is 5.43 Å². The highest BCUT2D eigenvalue weighted by Gasteiger charge is 2.27. The number of hydrogen-bond acceptors (Lipinski definition) is 4. The molecule has 5 nitrogen and oxygen atoms in total. The number of aryl methyl sites for hydroxylation is 1. The maximum Gasteiger partial charge on any atom is 0.284 e. The summed E-state index contributed by atoms with van der Waals surface area (Å²) in [6, 6.07) is 17.5. The number of fused-ring (bicyclic) bond motifs is 1. The quantitative estimate of drug-likeness (QED) is 0.679. The van der Waals surface area contributed by atoms with Crippen LogP contribution in [0.1, 0.15) is 18.9 Å². The Morgan fingerprint density at radius 2 is 1.83 bits per heavy atom. The maximum absolute atomic E-state index is 12.2. The van der Waals surface area contributed by atoms with Gasteiger partial charge in [-0.15, -0.1) is 0 Å². The second kappa shape index (κ2) is 7.64. The van der Waals surface area contributed by atoms with Crippen LogP contribution in [0.2, 0.25) is 0 Å². The molecule has 2 aromatic carbocycles. The van der Waals surface area contributed by atoms with Gasteiger partial charge in [-0.1, -0.05) is 42.5 Å². The Balaban J connectivity index is 1.50. The molecular weight excluding hydrogens is 304 g/mol. The first-order valence-electron chi connectivity index (χ1n) is 7.98. The molecule has 0 unspecified atom stereocenters. The van der Waals surface area contributed by atoms with Gasteiger partial charge in [0.1, 0.15) is 6.61 Å². The van der Waals surface area contributed by atoms with E-state index in [9.17, 15) is 4.79 Å². The van der Waals surface area contributed by atoms with Crippen LogP contribution in [0.5, 0.6) is 11.5 Å². The van der Waals surface area contributed by atoms with Crippen LogP contribution in [-0.4, -0.2) is 24.3 Å². The van der Waals surface area contributed by atoms with Crippen molar-refractivity contribution in [1.29, 1.82) is 0 Å². The molecule has 124 valence electrons. The molecule has 0 radical (unpaired) electrons. The Hall–Kier alpha value is -2.82. The van der Waals surface area contributed by atoms with Crippen LogP contribution in [-0.2, 0) is 11.2 Å². The first kappa shape index (κ1) is 16.1. The lowest BCUT2D eigenvalue weighted by molar-refractivity contribution is -0.130. The van der Waals surface area contributed by atoms with Crippen molar-refractivity contribution in [3.63, 3.8) is 0 Å². The maximum atomic E-state index is 12.2. The van der Waals surface area contributed by atoms with Gasteiger partial charge in [0.15, 0.2) is 11.5 Å². The van der Waals surface area contributed by atoms with Crippen molar-refractivity contribution >= 4 is 11.6 Å². The number of benzene rings is 2. The Labute approximate surface area is 141 Å². The largest absolute Gasteiger partial charge is 0.485 e. The van der Waals surface area contributed by atoms with Crippen molar-refractivity contribution in [1.82, 2.24) is 5.43 Å². The summed E-state index contributed by atoms with van der Waals surface area (Å²) in [5.41, 5.74) is 4.68. The molecule has 1 heterocycles. The topological polar surface area (TPSA) is 59.9 Å². The van der Waals surface area contributed by atoms with E-state index in [1.54, 1.807) is 6.07 Å². The molecule has 0 spiro atoms. The summed E-state index contributed by atoms with van der Waals surface area (Å²) in [6.07, 6.45) is 0.989. The summed E-state index contributed by atoms with van der Waals surface area (Å²) in [4.78, 5) is 12.2. The molecule has 1 amide bonds. The van der Waals surface area contributed by atoms with Crippen molar-refractivity contribution < 1.29 is 14.3 Å². The highest BCUT2D eigenvalue weighted by molar-refractivity contribution is 5.86. The fourth-order valence-corrected chi connectivity index (χ4v) is 2.40. The van der Waals surface area contributed by atoms with Gasteiger partial charge in [-0.05, 0) is 37.5 Å². The lowest BCUT2D eigenvalue weighted by Crippen LogP contribution is -2.42. The predicted octanol–water partition coefficient (Wildman–Crippen LogP) is 2.95. The van der Waals surface area contributed by atoms with Crippen LogP contribution in [0.25, 0.3) is 0 Å². The third kappa shape index (κ3) is 4.13. The molecule has 0 bridgehead atoms. The number of amides is 1. The number of ether oxygens (including phenoxy) is 2. The number of para-hydroxylation sites is 2. The summed E-state index contributed by atoms with van der Waals surface area (Å²) in [6.45, 7) is 2.08. The van der Waals surface area contributed by atoms with E-state index < -0.39 is 6.10 Å². The van der Waals surface area contributed by atoms with Gasteiger partial charge in [0.05, 0.1) is 0 Å². The molecule has 0 aromatic heterocycles. The molecule has 1 aliphatic heterocycles. The van der Waals surface area contributed by atoms with Crippen LogP contribution < -0.4 is 14.9 Å². The summed E-state index contributed by atoms with van der Waals surface area (Å²) in [7, 11) is 0. The van der Waals surface area contributed by atoms with Gasteiger partial charge in [0.2, 0.25) is 6.10 Å². The molecule has 2 aromatic rings. The van der Waals surface area contributed by atoms with Crippen molar-refractivity contribution in [3.05, 3.63) is 60.2 Å². The van der Waals surface area contributed by atoms with Gasteiger partial charge in [0.25, 0.3) is 5.91 Å². The van der Waals surface area contributed by atoms with E-state index in [4.69, 9.17) is 9.47 Å². The Kier molecular flexibility index (Phi) is 5.11. The van der Waals surface area contributed by atoms with Crippen molar-refractivity contribution in [2.24, 2.45) is 5.10 Å². The average molecular weight is 324 g/mol. The molecule has 0 fully saturated rings. The molecular formula is C19H20N2O3. The Morgan fingerprint density at radius 3 is 2.62 bits per heavy atom. The van der Waals surface area contributed by atoms with Crippen molar-refractivity contribution in [2.45, 2.75) is 25.9 Å². The standard InChI is InChI=1S/C19H20N2O3/c1-14(11-12-15-7-3-2-4-8-15)20-21-19(22)18-13-23-16-9-5-6-10-17(16)24-18/h2-10,18H,11-13H2,1H3,(H,21,22)/b20-14-/t18-/m0/s1. The second-order valence-corrected chi connectivity index (χ2v) is 5.67. The monoisotopic (exact) mass is 324 g/mol. The highest BCUT2D eigenvalue weighted by atomic mass is 16.6. The molecule has 1 aliphatic rings. The molecule has 0 aliphatic carbocycles. The van der Waals surface area contributed by atoms with Gasteiger partial charge in [-0.2, -0.15) is 5.10 Å². The third-order valence-corrected chi connectivity index (χ3v) is 3.78. The first-order chi connectivity index (χ1) is 11.7. The molecule has 0 saturated heterocycles. The van der Waals surface area contributed by atoms with Gasteiger partial charge in [0, 0.05) is 5.71 Å². The zero-order valence-electron chi connectivity index (χ0n) is 13.6. The van der Waals surface area contributed by atoms with E-state index in [1.165, 1.54) is 5.56 Å². The number of nitrogens with one attached hydrogen (secondary N) is 1. The van der Waals surface area contributed by atoms with Crippen molar-refractivity contribution in [2.75, 3.05) is 6.61 Å². The van der Waals surface area contributed by atoms with Crippen LogP contribution in [0.15, 0.2) is 59.7 Å². The Morgan fingerprint density at radius 1 is 1.12 bits per heavy atom. The lowest BCUT2D eigenvalue weighted by Gasteiger charge is -2.24. The van der Waals surface area contributed by atoms with Gasteiger partial charge < -0.3 is 9.47 Å². The van der Waals surface area contributed by atoms with E-state index in [-0.39, 0.29) is 12.5 Å². The van der Waals surface area contributed by atoms with Crippen LogP contribution >= 0.6 is 0 Å². The number of carbonyl (C=O) groups is 1. The normalized spacial score (nSPS) is 16.5. The summed E-state index contributed by atoms with van der Waals surface area (Å²) >= 11 is 0. The number of carbonyl (C=O) groups excluding carboxylic acids is 1. The third-order valence-electron chi connectivity index (χ3n) is 3.78. The second-order valence-electron chi connectivity index (χ2n) is 5.67. The van der Waals surface area contributed by atoms with Crippen LogP contribution in [0, 0.1) is 0 Å². The minimum atomic E-state index is -0.689. The number of hydrogen-bond donors (Lipinski definition) is 1. The van der Waals surface area contributed by atoms with Gasteiger partial charge in [-0.3, -0.25) is 4.79 Å². The summed E-state index contributed by atoms with van der Waals surface area (Å²) in [5.74, 6) is 0.932. The minimum absolute atomic E-state index is 0.182. The highest BCUT2D eigenvalue weighted by Crippen LogP contribution is 2.30. The van der Waals surface area contributed by atoms with Crippen LogP contribution in [0.3, 0.4) is 0 Å². The summed E-state index contributed by atoms with van der Waals surface area (Å²) in [5, 5.41) is 4.15. The number of rotatable bonds is 5. The van der Waals surface area contributed by atoms with E-state index in [2.05, 4.69) is 22.7 Å². The molecule has 1 atom stereocenters. The van der Waals surface area contributed by atoms with E-state index in [0.717, 1.165) is 18.6 Å². The molecule has 0 saturated carbocycles. The predicted molar refractivity (Wildman–Crippen MR) is 92.4 cm³/mol. The Bertz CT molecular complexity index is 728. The SMILES string of the molecule is C/C(CCc1ccccc1)=N/NC(=O)[C@@H]1COc2ccccc2O1. The number of hydrazone groups is 1. The molecule has 5 heteroatoms. The van der Waals surface area contributed by atoms with E-state index in [1.807, 2.05) is 43.3 Å². The minimum Gasteiger partial charge on any atom is -0.485 e. The van der Waals surface area contributed by atoms with Gasteiger partial charge >= 0.3 is 0 Å². The fourth-order valence-electron chi connectivity index (χ4n) is 2.40.